The number of nitrogens with zero attached hydrogens (tertiary/aromatic N) is 2. The minimum absolute atomic E-state index is 0.0850. The second-order valence-electron chi connectivity index (χ2n) is 8.19. The molecule has 1 aromatic heterocycles. The lowest BCUT2D eigenvalue weighted by Crippen LogP contribution is -2.37. The van der Waals surface area contributed by atoms with E-state index in [0.29, 0.717) is 28.9 Å². The number of carbonyl (C=O) groups excluding carboxylic acids is 1. The maximum Gasteiger partial charge on any atom is 0.260 e. The van der Waals surface area contributed by atoms with Crippen molar-refractivity contribution in [2.75, 3.05) is 18.1 Å². The van der Waals surface area contributed by atoms with Crippen molar-refractivity contribution >= 4 is 54.0 Å². The van der Waals surface area contributed by atoms with Gasteiger partial charge in [-0.15, -0.1) is 0 Å². The number of carbonyl (C=O) groups is 1. The molecule has 2 aromatic carbocycles. The zero-order valence-electron chi connectivity index (χ0n) is 18.2. The number of sulfone groups is 1. The van der Waals surface area contributed by atoms with Gasteiger partial charge in [-0.25, -0.2) is 13.4 Å². The predicted molar refractivity (Wildman–Crippen MR) is 129 cm³/mol. The molecule has 2 heterocycles. The van der Waals surface area contributed by atoms with Crippen LogP contribution in [0.25, 0.3) is 10.2 Å². The molecule has 1 aliphatic heterocycles. The summed E-state index contributed by atoms with van der Waals surface area (Å²) in [6.07, 6.45) is 1.73. The van der Waals surface area contributed by atoms with E-state index in [2.05, 4.69) is 0 Å². The molecular weight excluding hydrogens is 468 g/mol. The van der Waals surface area contributed by atoms with Gasteiger partial charge in [0.1, 0.15) is 0 Å². The summed E-state index contributed by atoms with van der Waals surface area (Å²) in [6.45, 7) is 6.18. The maximum atomic E-state index is 13.6. The summed E-state index contributed by atoms with van der Waals surface area (Å²) in [5.41, 5.74) is 1.93. The first-order chi connectivity index (χ1) is 15.2. The zero-order chi connectivity index (χ0) is 23.0. The second-order valence-corrected chi connectivity index (χ2v) is 12.1. The summed E-state index contributed by atoms with van der Waals surface area (Å²) in [6, 6.07) is 9.95. The van der Waals surface area contributed by atoms with Crippen molar-refractivity contribution < 1.29 is 17.9 Å². The molecule has 6 nitrogen and oxygen atoms in total. The van der Waals surface area contributed by atoms with Crippen molar-refractivity contribution in [3.05, 3.63) is 52.5 Å². The quantitative estimate of drug-likeness (QED) is 0.468. The van der Waals surface area contributed by atoms with Crippen molar-refractivity contribution in [3.63, 3.8) is 0 Å². The number of amides is 1. The fourth-order valence-corrected chi connectivity index (χ4v) is 5.97. The Bertz CT molecular complexity index is 1260. The third-order valence-corrected chi connectivity index (χ3v) is 9.26. The topological polar surface area (TPSA) is 76.6 Å². The number of aromatic nitrogens is 1. The molecule has 1 amide bonds. The lowest BCUT2D eigenvalue weighted by atomic mass is 10.1. The normalized spacial score (nSPS) is 16.7. The van der Waals surface area contributed by atoms with Gasteiger partial charge in [-0.1, -0.05) is 29.0 Å². The van der Waals surface area contributed by atoms with E-state index in [0.717, 1.165) is 28.6 Å². The van der Waals surface area contributed by atoms with Gasteiger partial charge >= 0.3 is 0 Å². The van der Waals surface area contributed by atoms with E-state index in [9.17, 15) is 13.2 Å². The number of hydrogen-bond acceptors (Lipinski definition) is 6. The Kier molecular flexibility index (Phi) is 6.58. The van der Waals surface area contributed by atoms with Gasteiger partial charge < -0.3 is 4.74 Å². The number of rotatable bonds is 6. The van der Waals surface area contributed by atoms with Crippen molar-refractivity contribution in [2.45, 2.75) is 49.9 Å². The first-order valence-corrected chi connectivity index (χ1v) is 13.3. The number of benzene rings is 2. The van der Waals surface area contributed by atoms with Crippen molar-refractivity contribution in [2.24, 2.45) is 0 Å². The number of ether oxygens (including phenoxy) is 1. The molecule has 3 aromatic rings. The number of fused-ring (bicyclic) bond motifs is 1. The van der Waals surface area contributed by atoms with Gasteiger partial charge in [0.25, 0.3) is 5.91 Å². The van der Waals surface area contributed by atoms with Gasteiger partial charge in [0.05, 0.1) is 33.0 Å². The van der Waals surface area contributed by atoms with Crippen LogP contribution in [0.1, 0.15) is 42.6 Å². The molecule has 1 aliphatic rings. The molecule has 4 rings (SSSR count). The number of halogens is 1. The molecule has 9 heteroatoms. The standard InChI is InChI=1S/C23H25ClN2O4S2/c1-14(2)32(28,29)18-8-4-6-16(12-18)22(27)26(13-17-7-5-11-30-17)23-25-21-15(3)19(24)9-10-20(21)31-23/h4,6,8-10,12,14,17H,5,7,11,13H2,1-3H3. The van der Waals surface area contributed by atoms with Crippen LogP contribution in [-0.2, 0) is 14.6 Å². The maximum absolute atomic E-state index is 13.6. The highest BCUT2D eigenvalue weighted by molar-refractivity contribution is 7.92. The summed E-state index contributed by atoms with van der Waals surface area (Å²) in [5.74, 6) is -0.302. The minimum atomic E-state index is -3.50. The number of aryl methyl sites for hydroxylation is 1. The summed E-state index contributed by atoms with van der Waals surface area (Å²) in [5, 5.41) is 0.591. The molecule has 1 fully saturated rings. The van der Waals surface area contributed by atoms with E-state index in [1.54, 1.807) is 30.9 Å². The molecule has 170 valence electrons. The SMILES string of the molecule is Cc1c(Cl)ccc2sc(N(CC3CCCO3)C(=O)c3cccc(S(=O)(=O)C(C)C)c3)nc12. The van der Waals surface area contributed by atoms with Gasteiger partial charge in [0.15, 0.2) is 15.0 Å². The fourth-order valence-electron chi connectivity index (χ4n) is 3.68. The largest absolute Gasteiger partial charge is 0.376 e. The van der Waals surface area contributed by atoms with Crippen LogP contribution in [0.2, 0.25) is 5.02 Å². The third kappa shape index (κ3) is 4.41. The Labute approximate surface area is 197 Å². The Morgan fingerprint density at radius 2 is 2.09 bits per heavy atom. The Morgan fingerprint density at radius 3 is 2.78 bits per heavy atom. The Balaban J connectivity index is 1.76. The molecule has 0 saturated carbocycles. The van der Waals surface area contributed by atoms with Gasteiger partial charge in [0, 0.05) is 17.2 Å². The summed E-state index contributed by atoms with van der Waals surface area (Å²) in [4.78, 5) is 20.1. The van der Waals surface area contributed by atoms with Crippen LogP contribution < -0.4 is 4.90 Å². The van der Waals surface area contributed by atoms with Gasteiger partial charge in [-0.2, -0.15) is 0 Å². The van der Waals surface area contributed by atoms with Crippen molar-refractivity contribution in [1.29, 1.82) is 0 Å². The highest BCUT2D eigenvalue weighted by Crippen LogP contribution is 2.35. The van der Waals surface area contributed by atoms with Gasteiger partial charge in [-0.05, 0) is 69.5 Å². The third-order valence-electron chi connectivity index (χ3n) is 5.65. The van der Waals surface area contributed by atoms with Crippen LogP contribution in [0.4, 0.5) is 5.13 Å². The molecule has 0 spiro atoms. The van der Waals surface area contributed by atoms with Crippen LogP contribution in [0.3, 0.4) is 0 Å². The minimum Gasteiger partial charge on any atom is -0.376 e. The predicted octanol–water partition coefficient (Wildman–Crippen LogP) is 5.27. The highest BCUT2D eigenvalue weighted by Gasteiger charge is 2.28. The first-order valence-electron chi connectivity index (χ1n) is 10.5. The molecular formula is C23H25ClN2O4S2. The molecule has 0 radical (unpaired) electrons. The number of thiazole rings is 1. The second kappa shape index (κ2) is 9.09. The van der Waals surface area contributed by atoms with Crippen LogP contribution in [0, 0.1) is 6.92 Å². The first kappa shape index (κ1) is 23.2. The van der Waals surface area contributed by atoms with Crippen LogP contribution in [0.5, 0.6) is 0 Å². The summed E-state index contributed by atoms with van der Waals surface area (Å²) in [7, 11) is -3.50. The lowest BCUT2D eigenvalue weighted by molar-refractivity contribution is 0.0917. The smallest absolute Gasteiger partial charge is 0.260 e. The average Bonchev–Trinajstić information content (AvgIpc) is 3.44. The van der Waals surface area contributed by atoms with Gasteiger partial charge in [0.2, 0.25) is 0 Å². The van der Waals surface area contributed by atoms with Gasteiger partial charge in [-0.3, -0.25) is 9.69 Å². The molecule has 1 atom stereocenters. The lowest BCUT2D eigenvalue weighted by Gasteiger charge is -2.23. The molecule has 0 aliphatic carbocycles. The Hall–Kier alpha value is -2.00. The van der Waals surface area contributed by atoms with Crippen molar-refractivity contribution in [3.8, 4) is 0 Å². The van der Waals surface area contributed by atoms with Crippen LogP contribution >= 0.6 is 22.9 Å². The number of anilines is 1. The average molecular weight is 493 g/mol. The summed E-state index contributed by atoms with van der Waals surface area (Å²) >= 11 is 7.68. The molecule has 1 unspecified atom stereocenters. The zero-order valence-corrected chi connectivity index (χ0v) is 20.6. The Morgan fingerprint density at radius 1 is 1.31 bits per heavy atom. The molecule has 0 N–H and O–H groups in total. The van der Waals surface area contributed by atoms with E-state index >= 15 is 0 Å². The number of hydrogen-bond donors (Lipinski definition) is 0. The van der Waals surface area contributed by atoms with E-state index in [-0.39, 0.29) is 16.9 Å². The van der Waals surface area contributed by atoms with E-state index in [1.807, 2.05) is 19.1 Å². The molecule has 32 heavy (non-hydrogen) atoms. The monoisotopic (exact) mass is 492 g/mol. The van der Waals surface area contributed by atoms with Crippen molar-refractivity contribution in [1.82, 2.24) is 4.98 Å². The molecule has 1 saturated heterocycles. The molecule has 0 bridgehead atoms. The van der Waals surface area contributed by atoms with E-state index < -0.39 is 15.1 Å². The van der Waals surface area contributed by atoms with Crippen LogP contribution in [-0.4, -0.2) is 43.8 Å². The summed E-state index contributed by atoms with van der Waals surface area (Å²) < 4.78 is 32.0. The van der Waals surface area contributed by atoms with E-state index in [4.69, 9.17) is 21.3 Å². The fraction of sp³-hybridized carbons (Fsp3) is 0.391. The van der Waals surface area contributed by atoms with Crippen LogP contribution in [0.15, 0.2) is 41.3 Å². The highest BCUT2D eigenvalue weighted by atomic mass is 35.5. The van der Waals surface area contributed by atoms with E-state index in [1.165, 1.54) is 23.5 Å².